The van der Waals surface area contributed by atoms with Crippen LogP contribution in [0.4, 0.5) is 13.2 Å². The highest BCUT2D eigenvalue weighted by Crippen LogP contribution is 2.33. The van der Waals surface area contributed by atoms with Crippen molar-refractivity contribution in [2.24, 2.45) is 0 Å². The van der Waals surface area contributed by atoms with Crippen LogP contribution in [0.3, 0.4) is 0 Å². The first-order valence-electron chi connectivity index (χ1n) is 7.74. The summed E-state index contributed by atoms with van der Waals surface area (Å²) in [5, 5.41) is 1.10. The normalized spacial score (nSPS) is 16.6. The van der Waals surface area contributed by atoms with E-state index in [4.69, 9.17) is 0 Å². The lowest BCUT2D eigenvalue weighted by atomic mass is 9.97. The molecule has 3 heterocycles. The van der Waals surface area contributed by atoms with E-state index < -0.39 is 11.9 Å². The van der Waals surface area contributed by atoms with Crippen LogP contribution in [0, 0.1) is 13.8 Å². The van der Waals surface area contributed by atoms with Crippen LogP contribution < -0.4 is 0 Å². The third kappa shape index (κ3) is 3.33. The fourth-order valence-electron chi connectivity index (χ4n) is 2.87. The number of piperidine rings is 1. The minimum atomic E-state index is -4.47. The van der Waals surface area contributed by atoms with E-state index in [0.29, 0.717) is 19.0 Å². The Balaban J connectivity index is 1.64. The minimum Gasteiger partial charge on any atom is -0.357 e. The molecule has 0 atom stereocenters. The van der Waals surface area contributed by atoms with Crippen molar-refractivity contribution in [2.45, 2.75) is 38.8 Å². The molecule has 1 aliphatic heterocycles. The van der Waals surface area contributed by atoms with Crippen LogP contribution in [0.25, 0.3) is 0 Å². The average Bonchev–Trinajstić information content (AvgIpc) is 3.14. The van der Waals surface area contributed by atoms with Crippen molar-refractivity contribution in [1.82, 2.24) is 14.9 Å². The summed E-state index contributed by atoms with van der Waals surface area (Å²) >= 11 is 1.69. The average molecular weight is 357 g/mol. The number of likely N-dealkylation sites (tertiary alicyclic amines) is 1. The van der Waals surface area contributed by atoms with Gasteiger partial charge in [-0.15, -0.1) is 11.3 Å². The second-order valence-electron chi connectivity index (χ2n) is 6.06. The van der Waals surface area contributed by atoms with Crippen LogP contribution in [0.2, 0.25) is 0 Å². The number of nitrogens with one attached hydrogen (secondary N) is 1. The Morgan fingerprint density at radius 1 is 1.33 bits per heavy atom. The Labute approximate surface area is 141 Å². The van der Waals surface area contributed by atoms with Crippen LogP contribution in [0.5, 0.6) is 0 Å². The number of hydrogen-bond donors (Lipinski definition) is 1. The number of hydrogen-bond acceptors (Lipinski definition) is 3. The van der Waals surface area contributed by atoms with Gasteiger partial charge in [-0.05, 0) is 32.8 Å². The van der Waals surface area contributed by atoms with Gasteiger partial charge in [0.2, 0.25) is 0 Å². The fourth-order valence-corrected chi connectivity index (χ4v) is 3.96. The van der Waals surface area contributed by atoms with E-state index in [1.807, 2.05) is 13.8 Å². The molecule has 2 aromatic rings. The highest BCUT2D eigenvalue weighted by Gasteiger charge is 2.34. The number of carbonyl (C=O) groups is 1. The number of halogens is 3. The number of aryl methyl sites for hydroxylation is 2. The molecule has 1 aliphatic rings. The fraction of sp³-hybridized carbons (Fsp3) is 0.500. The van der Waals surface area contributed by atoms with Gasteiger partial charge in [0.1, 0.15) is 5.69 Å². The summed E-state index contributed by atoms with van der Waals surface area (Å²) in [6, 6.07) is 0.877. The molecular weight excluding hydrogens is 339 g/mol. The van der Waals surface area contributed by atoms with Crippen LogP contribution in [-0.2, 0) is 6.18 Å². The summed E-state index contributed by atoms with van der Waals surface area (Å²) in [5.41, 5.74) is 0.205. The molecule has 0 saturated carbocycles. The van der Waals surface area contributed by atoms with Gasteiger partial charge in [0.15, 0.2) is 0 Å². The van der Waals surface area contributed by atoms with Crippen LogP contribution in [-0.4, -0.2) is 33.9 Å². The molecule has 2 aromatic heterocycles. The van der Waals surface area contributed by atoms with Gasteiger partial charge in [-0.25, -0.2) is 4.98 Å². The first-order valence-corrected chi connectivity index (χ1v) is 8.56. The highest BCUT2D eigenvalue weighted by molar-refractivity contribution is 7.11. The van der Waals surface area contributed by atoms with Crippen molar-refractivity contribution in [3.63, 3.8) is 0 Å². The number of nitrogens with zero attached hydrogens (tertiary/aromatic N) is 2. The maximum Gasteiger partial charge on any atom is 0.431 e. The number of thiazole rings is 1. The molecule has 3 rings (SSSR count). The smallest absolute Gasteiger partial charge is 0.357 e. The van der Waals surface area contributed by atoms with E-state index in [2.05, 4.69) is 9.97 Å². The first-order chi connectivity index (χ1) is 11.3. The predicted octanol–water partition coefficient (Wildman–Crippen LogP) is 4.13. The number of carbonyl (C=O) groups excluding carboxylic acids is 1. The lowest BCUT2D eigenvalue weighted by Crippen LogP contribution is -2.37. The molecule has 4 nitrogen and oxygen atoms in total. The zero-order valence-corrected chi connectivity index (χ0v) is 14.2. The molecular formula is C16H18F3N3OS. The largest absolute Gasteiger partial charge is 0.431 e. The van der Waals surface area contributed by atoms with Crippen molar-refractivity contribution in [3.8, 4) is 0 Å². The second-order valence-corrected chi connectivity index (χ2v) is 7.29. The zero-order chi connectivity index (χ0) is 17.5. The maximum absolute atomic E-state index is 12.6. The first kappa shape index (κ1) is 17.0. The van der Waals surface area contributed by atoms with E-state index >= 15 is 0 Å². The monoisotopic (exact) mass is 357 g/mol. The van der Waals surface area contributed by atoms with Gasteiger partial charge in [-0.3, -0.25) is 4.79 Å². The van der Waals surface area contributed by atoms with Gasteiger partial charge >= 0.3 is 6.18 Å². The number of alkyl halides is 3. The van der Waals surface area contributed by atoms with Gasteiger partial charge in [0, 0.05) is 30.1 Å². The molecule has 24 heavy (non-hydrogen) atoms. The van der Waals surface area contributed by atoms with Gasteiger partial charge in [-0.1, -0.05) is 0 Å². The van der Waals surface area contributed by atoms with E-state index in [9.17, 15) is 18.0 Å². The molecule has 130 valence electrons. The summed E-state index contributed by atoms with van der Waals surface area (Å²) in [6.45, 7) is 5.10. The highest BCUT2D eigenvalue weighted by atomic mass is 32.1. The number of aromatic amines is 1. The second kappa shape index (κ2) is 6.23. The molecule has 8 heteroatoms. The topological polar surface area (TPSA) is 49.0 Å². The summed E-state index contributed by atoms with van der Waals surface area (Å²) in [6.07, 6.45) is -1.76. The number of amides is 1. The Morgan fingerprint density at radius 3 is 2.50 bits per heavy atom. The van der Waals surface area contributed by atoms with Gasteiger partial charge in [0.25, 0.3) is 5.91 Å². The van der Waals surface area contributed by atoms with Crippen LogP contribution in [0.15, 0.2) is 12.3 Å². The lowest BCUT2D eigenvalue weighted by molar-refractivity contribution is -0.140. The molecule has 0 spiro atoms. The van der Waals surface area contributed by atoms with Gasteiger partial charge in [-0.2, -0.15) is 13.2 Å². The third-order valence-electron chi connectivity index (χ3n) is 4.41. The van der Waals surface area contributed by atoms with Crippen LogP contribution >= 0.6 is 11.3 Å². The van der Waals surface area contributed by atoms with Gasteiger partial charge < -0.3 is 9.88 Å². The van der Waals surface area contributed by atoms with Crippen molar-refractivity contribution in [1.29, 1.82) is 0 Å². The molecule has 0 aromatic carbocycles. The van der Waals surface area contributed by atoms with Crippen molar-refractivity contribution >= 4 is 17.2 Å². The Kier molecular flexibility index (Phi) is 4.42. The lowest BCUT2D eigenvalue weighted by Gasteiger charge is -2.31. The molecule has 0 unspecified atom stereocenters. The summed E-state index contributed by atoms with van der Waals surface area (Å²) in [7, 11) is 0. The molecule has 1 N–H and O–H groups in total. The molecule has 1 amide bonds. The number of rotatable bonds is 2. The summed E-state index contributed by atoms with van der Waals surface area (Å²) < 4.78 is 37.9. The Hall–Kier alpha value is -1.83. The molecule has 1 saturated heterocycles. The van der Waals surface area contributed by atoms with Crippen molar-refractivity contribution in [3.05, 3.63) is 39.1 Å². The molecule has 0 aliphatic carbocycles. The van der Waals surface area contributed by atoms with E-state index in [-0.39, 0.29) is 11.5 Å². The zero-order valence-electron chi connectivity index (χ0n) is 13.4. The maximum atomic E-state index is 12.6. The van der Waals surface area contributed by atoms with E-state index in [1.165, 1.54) is 4.88 Å². The summed E-state index contributed by atoms with van der Waals surface area (Å²) in [4.78, 5) is 21.9. The SMILES string of the molecule is Cc1nc(C2CCN(C(=O)c3c[nH]c(C(F)(F)F)c3)CC2)sc1C. The third-order valence-corrected chi connectivity index (χ3v) is 5.65. The Morgan fingerprint density at radius 2 is 2.00 bits per heavy atom. The predicted molar refractivity (Wildman–Crippen MR) is 85.3 cm³/mol. The number of H-pyrrole nitrogens is 1. The van der Waals surface area contributed by atoms with E-state index in [1.54, 1.807) is 16.2 Å². The van der Waals surface area contributed by atoms with Crippen molar-refractivity contribution < 1.29 is 18.0 Å². The van der Waals surface area contributed by atoms with Crippen molar-refractivity contribution in [2.75, 3.05) is 13.1 Å². The van der Waals surface area contributed by atoms with E-state index in [0.717, 1.165) is 35.8 Å². The molecule has 1 fully saturated rings. The minimum absolute atomic E-state index is 0.0571. The van der Waals surface area contributed by atoms with Gasteiger partial charge in [0.05, 0.1) is 16.3 Å². The quantitative estimate of drug-likeness (QED) is 0.879. The number of aromatic nitrogens is 2. The van der Waals surface area contributed by atoms with Crippen LogP contribution in [0.1, 0.15) is 50.4 Å². The standard InChI is InChI=1S/C16H18F3N3OS/c1-9-10(2)24-14(21-9)11-3-5-22(6-4-11)15(23)12-7-13(20-8-12)16(17,18)19/h7-8,11,20H,3-6H2,1-2H3. The summed E-state index contributed by atoms with van der Waals surface area (Å²) in [5.74, 6) is -0.0323. The Bertz CT molecular complexity index is 723. The molecule has 0 bridgehead atoms. The molecule has 0 radical (unpaired) electrons.